The smallest absolute Gasteiger partial charge is 0.317 e. The van der Waals surface area contributed by atoms with E-state index in [9.17, 15) is 4.79 Å². The normalized spacial score (nSPS) is 18.6. The first-order chi connectivity index (χ1) is 9.26. The second kappa shape index (κ2) is 7.27. The van der Waals surface area contributed by atoms with Crippen LogP contribution in [0.1, 0.15) is 40.5 Å². The summed E-state index contributed by atoms with van der Waals surface area (Å²) in [5.74, 6) is 0. The van der Waals surface area contributed by atoms with Crippen molar-refractivity contribution in [2.24, 2.45) is 5.41 Å². The quantitative estimate of drug-likeness (QED) is 0.843. The number of carbonyl (C=O) groups is 1. The summed E-state index contributed by atoms with van der Waals surface area (Å²) in [4.78, 5) is 14.3. The molecule has 1 aliphatic rings. The SMILES string of the molecule is COCCN(CC1(C)CCOCC1)C(=O)NC(C)(C)C. The van der Waals surface area contributed by atoms with Crippen molar-refractivity contribution in [3.05, 3.63) is 0 Å². The highest BCUT2D eigenvalue weighted by Crippen LogP contribution is 2.30. The number of hydrogen-bond donors (Lipinski definition) is 1. The maximum absolute atomic E-state index is 12.4. The number of urea groups is 1. The van der Waals surface area contributed by atoms with Gasteiger partial charge in [-0.05, 0) is 39.0 Å². The highest BCUT2D eigenvalue weighted by molar-refractivity contribution is 5.75. The lowest BCUT2D eigenvalue weighted by Gasteiger charge is -2.39. The van der Waals surface area contributed by atoms with Gasteiger partial charge in [0.1, 0.15) is 0 Å². The largest absolute Gasteiger partial charge is 0.383 e. The summed E-state index contributed by atoms with van der Waals surface area (Å²) in [5.41, 5.74) is -0.0831. The fraction of sp³-hybridized carbons (Fsp3) is 0.933. The zero-order chi connectivity index (χ0) is 15.2. The highest BCUT2D eigenvalue weighted by Gasteiger charge is 2.32. The van der Waals surface area contributed by atoms with Crippen molar-refractivity contribution >= 4 is 6.03 Å². The Morgan fingerprint density at radius 3 is 2.45 bits per heavy atom. The lowest BCUT2D eigenvalue weighted by molar-refractivity contribution is 0.00766. The minimum absolute atomic E-state index is 0.0118. The Morgan fingerprint density at radius 1 is 1.35 bits per heavy atom. The van der Waals surface area contributed by atoms with Crippen molar-refractivity contribution < 1.29 is 14.3 Å². The van der Waals surface area contributed by atoms with E-state index in [-0.39, 0.29) is 17.0 Å². The number of rotatable bonds is 5. The first kappa shape index (κ1) is 17.2. The summed E-state index contributed by atoms with van der Waals surface area (Å²) in [6.07, 6.45) is 2.00. The van der Waals surface area contributed by atoms with Crippen molar-refractivity contribution in [1.82, 2.24) is 10.2 Å². The van der Waals surface area contributed by atoms with E-state index in [2.05, 4.69) is 12.2 Å². The Balaban J connectivity index is 2.65. The molecule has 118 valence electrons. The van der Waals surface area contributed by atoms with Gasteiger partial charge < -0.3 is 19.7 Å². The molecular formula is C15H30N2O3. The standard InChI is InChI=1S/C15H30N2O3/c1-14(2,3)16-13(18)17(8-11-19-5)12-15(4)6-9-20-10-7-15/h6-12H2,1-5H3,(H,16,18). The molecule has 0 aromatic rings. The van der Waals surface area contributed by atoms with Crippen LogP contribution in [0.2, 0.25) is 0 Å². The summed E-state index contributed by atoms with van der Waals surface area (Å²) < 4.78 is 10.6. The molecule has 1 aliphatic heterocycles. The van der Waals surface area contributed by atoms with Crippen LogP contribution in [-0.4, -0.2) is 56.5 Å². The number of nitrogens with zero attached hydrogens (tertiary/aromatic N) is 1. The van der Waals surface area contributed by atoms with Crippen LogP contribution in [0.25, 0.3) is 0 Å². The summed E-state index contributed by atoms with van der Waals surface area (Å²) in [7, 11) is 1.66. The van der Waals surface area contributed by atoms with Gasteiger partial charge in [-0.25, -0.2) is 4.79 Å². The summed E-state index contributed by atoms with van der Waals surface area (Å²) in [5, 5.41) is 3.04. The van der Waals surface area contributed by atoms with Gasteiger partial charge in [0.2, 0.25) is 0 Å². The third-order valence-electron chi connectivity index (χ3n) is 3.61. The van der Waals surface area contributed by atoms with E-state index in [0.717, 1.165) is 32.6 Å². The summed E-state index contributed by atoms with van der Waals surface area (Å²) in [6, 6.07) is -0.0118. The van der Waals surface area contributed by atoms with Gasteiger partial charge in [-0.1, -0.05) is 6.92 Å². The minimum Gasteiger partial charge on any atom is -0.383 e. The average molecular weight is 286 g/mol. The lowest BCUT2D eigenvalue weighted by Crippen LogP contribution is -2.52. The molecule has 0 aliphatic carbocycles. The molecule has 0 aromatic heterocycles. The Morgan fingerprint density at radius 2 is 1.95 bits per heavy atom. The van der Waals surface area contributed by atoms with Gasteiger partial charge >= 0.3 is 6.03 Å². The Hall–Kier alpha value is -0.810. The molecule has 0 unspecified atom stereocenters. The molecule has 1 heterocycles. The third-order valence-corrected chi connectivity index (χ3v) is 3.61. The van der Waals surface area contributed by atoms with Gasteiger partial charge in [-0.3, -0.25) is 0 Å². The van der Waals surface area contributed by atoms with E-state index in [1.54, 1.807) is 7.11 Å². The molecule has 20 heavy (non-hydrogen) atoms. The van der Waals surface area contributed by atoms with E-state index in [0.29, 0.717) is 13.2 Å². The molecule has 5 nitrogen and oxygen atoms in total. The summed E-state index contributed by atoms with van der Waals surface area (Å²) in [6.45, 7) is 11.7. The van der Waals surface area contributed by atoms with Crippen molar-refractivity contribution in [2.45, 2.75) is 46.1 Å². The van der Waals surface area contributed by atoms with Crippen LogP contribution in [0.5, 0.6) is 0 Å². The van der Waals surface area contributed by atoms with E-state index in [1.165, 1.54) is 0 Å². The van der Waals surface area contributed by atoms with E-state index >= 15 is 0 Å². The second-order valence-electron chi connectivity index (χ2n) is 7.02. The van der Waals surface area contributed by atoms with Crippen LogP contribution in [0.4, 0.5) is 4.79 Å². The maximum atomic E-state index is 12.4. The minimum atomic E-state index is -0.223. The highest BCUT2D eigenvalue weighted by atomic mass is 16.5. The number of methoxy groups -OCH3 is 1. The maximum Gasteiger partial charge on any atom is 0.317 e. The Labute approximate surface area is 123 Å². The molecule has 0 aromatic carbocycles. The van der Waals surface area contributed by atoms with Crippen LogP contribution in [0, 0.1) is 5.41 Å². The third kappa shape index (κ3) is 6.09. The van der Waals surface area contributed by atoms with Gasteiger partial charge in [0, 0.05) is 39.0 Å². The predicted octanol–water partition coefficient (Wildman–Crippen LogP) is 2.26. The van der Waals surface area contributed by atoms with Crippen LogP contribution < -0.4 is 5.32 Å². The first-order valence-electron chi connectivity index (χ1n) is 7.40. The molecule has 0 radical (unpaired) electrons. The predicted molar refractivity (Wildman–Crippen MR) is 79.9 cm³/mol. The Kier molecular flexibility index (Phi) is 6.27. The first-order valence-corrected chi connectivity index (χ1v) is 7.40. The van der Waals surface area contributed by atoms with E-state index < -0.39 is 0 Å². The van der Waals surface area contributed by atoms with Crippen molar-refractivity contribution in [1.29, 1.82) is 0 Å². The molecule has 5 heteroatoms. The number of hydrogen-bond acceptors (Lipinski definition) is 3. The van der Waals surface area contributed by atoms with Crippen molar-refractivity contribution in [3.8, 4) is 0 Å². The molecular weight excluding hydrogens is 256 g/mol. The average Bonchev–Trinajstić information content (AvgIpc) is 2.33. The van der Waals surface area contributed by atoms with Gasteiger partial charge in [0.25, 0.3) is 0 Å². The molecule has 1 saturated heterocycles. The zero-order valence-electron chi connectivity index (χ0n) is 13.6. The molecule has 1 rings (SSSR count). The van der Waals surface area contributed by atoms with Crippen molar-refractivity contribution in [3.63, 3.8) is 0 Å². The Bertz CT molecular complexity index is 307. The number of carbonyl (C=O) groups excluding carboxylic acids is 1. The van der Waals surface area contributed by atoms with Gasteiger partial charge in [-0.2, -0.15) is 0 Å². The summed E-state index contributed by atoms with van der Waals surface area (Å²) >= 11 is 0. The number of amides is 2. The molecule has 0 spiro atoms. The molecule has 0 saturated carbocycles. The zero-order valence-corrected chi connectivity index (χ0v) is 13.6. The fourth-order valence-electron chi connectivity index (χ4n) is 2.34. The van der Waals surface area contributed by atoms with Crippen LogP contribution in [0.3, 0.4) is 0 Å². The van der Waals surface area contributed by atoms with E-state index in [1.807, 2.05) is 25.7 Å². The molecule has 1 N–H and O–H groups in total. The molecule has 0 bridgehead atoms. The second-order valence-corrected chi connectivity index (χ2v) is 7.02. The monoisotopic (exact) mass is 286 g/mol. The lowest BCUT2D eigenvalue weighted by atomic mass is 9.82. The van der Waals surface area contributed by atoms with Gasteiger partial charge in [-0.15, -0.1) is 0 Å². The van der Waals surface area contributed by atoms with Crippen molar-refractivity contribution in [2.75, 3.05) is 40.0 Å². The number of ether oxygens (including phenoxy) is 2. The topological polar surface area (TPSA) is 50.8 Å². The molecule has 0 atom stereocenters. The van der Waals surface area contributed by atoms with Crippen LogP contribution in [-0.2, 0) is 9.47 Å². The number of nitrogens with one attached hydrogen (secondary N) is 1. The van der Waals surface area contributed by atoms with E-state index in [4.69, 9.17) is 9.47 Å². The molecule has 1 fully saturated rings. The van der Waals surface area contributed by atoms with Crippen LogP contribution >= 0.6 is 0 Å². The fourth-order valence-corrected chi connectivity index (χ4v) is 2.34. The van der Waals surface area contributed by atoms with Crippen LogP contribution in [0.15, 0.2) is 0 Å². The van der Waals surface area contributed by atoms with Gasteiger partial charge in [0.15, 0.2) is 0 Å². The van der Waals surface area contributed by atoms with Gasteiger partial charge in [0.05, 0.1) is 6.61 Å². The molecule has 2 amide bonds.